The molecule has 0 atom stereocenters. The molecule has 0 heterocycles. The van der Waals surface area contributed by atoms with E-state index in [-0.39, 0.29) is 12.3 Å². The highest BCUT2D eigenvalue weighted by Crippen LogP contribution is 2.33. The molecule has 0 saturated carbocycles. The number of fused-ring (bicyclic) bond motifs is 1. The van der Waals surface area contributed by atoms with E-state index in [9.17, 15) is 15.2 Å². The predicted molar refractivity (Wildman–Crippen MR) is 81.6 cm³/mol. The van der Waals surface area contributed by atoms with Crippen molar-refractivity contribution < 1.29 is 14.8 Å². The van der Waals surface area contributed by atoms with Crippen molar-refractivity contribution in [3.8, 4) is 5.75 Å². The minimum Gasteiger partial charge on any atom is -0.490 e. The van der Waals surface area contributed by atoms with Crippen LogP contribution in [0, 0.1) is 10.1 Å². The van der Waals surface area contributed by atoms with Crippen LogP contribution in [-0.2, 0) is 0 Å². The third-order valence-electron chi connectivity index (χ3n) is 3.87. The summed E-state index contributed by atoms with van der Waals surface area (Å²) in [5.41, 5.74) is -0.817. The van der Waals surface area contributed by atoms with Crippen molar-refractivity contribution in [2.24, 2.45) is 0 Å². The summed E-state index contributed by atoms with van der Waals surface area (Å²) in [5.74, 6) is 0.552. The van der Waals surface area contributed by atoms with Crippen molar-refractivity contribution >= 4 is 16.5 Å². The fourth-order valence-corrected chi connectivity index (χ4v) is 2.21. The Morgan fingerprint density at radius 3 is 2.33 bits per heavy atom. The molecule has 5 nitrogen and oxygen atoms in total. The van der Waals surface area contributed by atoms with Crippen molar-refractivity contribution in [3.63, 3.8) is 0 Å². The van der Waals surface area contributed by atoms with Gasteiger partial charge in [-0.2, -0.15) is 0 Å². The summed E-state index contributed by atoms with van der Waals surface area (Å²) < 4.78 is 5.73. The Hall–Kier alpha value is -2.14. The molecule has 112 valence electrons. The van der Waals surface area contributed by atoms with E-state index in [2.05, 4.69) is 0 Å². The fraction of sp³-hybridized carbons (Fsp3) is 0.375. The Morgan fingerprint density at radius 2 is 1.76 bits per heavy atom. The zero-order valence-electron chi connectivity index (χ0n) is 12.2. The molecule has 0 aliphatic carbocycles. The SMILES string of the molecule is CCC(O)(CC)COc1ccc([N+](=O)[O-])c2ccccc12. The number of nitro benzene ring substituents is 1. The molecule has 0 spiro atoms. The Morgan fingerprint density at radius 1 is 1.14 bits per heavy atom. The summed E-state index contributed by atoms with van der Waals surface area (Å²) in [6, 6.07) is 10.1. The quantitative estimate of drug-likeness (QED) is 0.650. The molecule has 0 bridgehead atoms. The Bertz CT molecular complexity index is 650. The van der Waals surface area contributed by atoms with E-state index in [0.717, 1.165) is 0 Å². The molecule has 0 saturated heterocycles. The topological polar surface area (TPSA) is 72.6 Å². The summed E-state index contributed by atoms with van der Waals surface area (Å²) in [6.45, 7) is 3.98. The second-order valence-electron chi connectivity index (χ2n) is 5.11. The number of nitrogens with zero attached hydrogens (tertiary/aromatic N) is 1. The number of ether oxygens (including phenoxy) is 1. The van der Waals surface area contributed by atoms with Crippen LogP contribution in [0.5, 0.6) is 5.75 Å². The standard InChI is InChI=1S/C16H19NO4/c1-3-16(18,4-2)11-21-15-10-9-14(17(19)20)12-7-5-6-8-13(12)15/h5-10,18H,3-4,11H2,1-2H3. The number of hydrogen-bond donors (Lipinski definition) is 1. The summed E-state index contributed by atoms with van der Waals surface area (Å²) >= 11 is 0. The van der Waals surface area contributed by atoms with Crippen LogP contribution in [0.2, 0.25) is 0 Å². The van der Waals surface area contributed by atoms with Crippen LogP contribution in [0.1, 0.15) is 26.7 Å². The summed E-state index contributed by atoms with van der Waals surface area (Å²) in [6.07, 6.45) is 1.18. The van der Waals surface area contributed by atoms with Crippen molar-refractivity contribution in [1.82, 2.24) is 0 Å². The first-order valence-electron chi connectivity index (χ1n) is 7.02. The van der Waals surface area contributed by atoms with E-state index < -0.39 is 10.5 Å². The van der Waals surface area contributed by atoms with Gasteiger partial charge in [0.2, 0.25) is 0 Å². The monoisotopic (exact) mass is 289 g/mol. The maximum absolute atomic E-state index is 11.1. The molecule has 0 aliphatic heterocycles. The largest absolute Gasteiger partial charge is 0.490 e. The van der Waals surface area contributed by atoms with Gasteiger partial charge < -0.3 is 9.84 Å². The average Bonchev–Trinajstić information content (AvgIpc) is 2.52. The highest BCUT2D eigenvalue weighted by molar-refractivity contribution is 5.95. The van der Waals surface area contributed by atoms with Crippen LogP contribution >= 0.6 is 0 Å². The van der Waals surface area contributed by atoms with E-state index in [1.165, 1.54) is 6.07 Å². The van der Waals surface area contributed by atoms with E-state index in [1.807, 2.05) is 19.9 Å². The fourth-order valence-electron chi connectivity index (χ4n) is 2.21. The molecular formula is C16H19NO4. The molecule has 0 aliphatic rings. The number of hydrogen-bond acceptors (Lipinski definition) is 4. The van der Waals surface area contributed by atoms with Crippen LogP contribution < -0.4 is 4.74 Å². The maximum Gasteiger partial charge on any atom is 0.277 e. The summed E-state index contributed by atoms with van der Waals surface area (Å²) in [4.78, 5) is 10.7. The molecule has 2 aromatic rings. The molecule has 5 heteroatoms. The molecule has 0 aromatic heterocycles. The van der Waals surface area contributed by atoms with Crippen molar-refractivity contribution in [2.75, 3.05) is 6.61 Å². The van der Waals surface area contributed by atoms with Gasteiger partial charge in [0.05, 0.1) is 15.9 Å². The number of aliphatic hydroxyl groups is 1. The Balaban J connectivity index is 2.38. The van der Waals surface area contributed by atoms with Gasteiger partial charge in [0.15, 0.2) is 0 Å². The molecule has 0 amide bonds. The zero-order chi connectivity index (χ0) is 15.5. The van der Waals surface area contributed by atoms with Crippen molar-refractivity contribution in [2.45, 2.75) is 32.3 Å². The van der Waals surface area contributed by atoms with Gasteiger partial charge in [0, 0.05) is 11.5 Å². The second kappa shape index (κ2) is 6.10. The Kier molecular flexibility index (Phi) is 4.43. The zero-order valence-corrected chi connectivity index (χ0v) is 12.2. The minimum absolute atomic E-state index is 0.0548. The normalized spacial score (nSPS) is 11.6. The van der Waals surface area contributed by atoms with E-state index in [0.29, 0.717) is 29.4 Å². The smallest absolute Gasteiger partial charge is 0.277 e. The molecule has 1 N–H and O–H groups in total. The van der Waals surface area contributed by atoms with E-state index in [1.54, 1.807) is 24.3 Å². The predicted octanol–water partition coefficient (Wildman–Crippen LogP) is 3.68. The molecule has 0 fully saturated rings. The van der Waals surface area contributed by atoms with Crippen LogP contribution in [-0.4, -0.2) is 22.2 Å². The van der Waals surface area contributed by atoms with Gasteiger partial charge in [0.1, 0.15) is 12.4 Å². The van der Waals surface area contributed by atoms with Gasteiger partial charge in [-0.3, -0.25) is 10.1 Å². The lowest BCUT2D eigenvalue weighted by Gasteiger charge is -2.25. The van der Waals surface area contributed by atoms with Gasteiger partial charge in [-0.15, -0.1) is 0 Å². The van der Waals surface area contributed by atoms with Crippen LogP contribution in [0.3, 0.4) is 0 Å². The summed E-state index contributed by atoms with van der Waals surface area (Å²) in [5, 5.41) is 22.6. The molecule has 0 unspecified atom stereocenters. The van der Waals surface area contributed by atoms with Crippen molar-refractivity contribution in [1.29, 1.82) is 0 Å². The van der Waals surface area contributed by atoms with E-state index >= 15 is 0 Å². The first kappa shape index (κ1) is 15.3. The highest BCUT2D eigenvalue weighted by atomic mass is 16.6. The second-order valence-corrected chi connectivity index (χ2v) is 5.11. The van der Waals surface area contributed by atoms with Gasteiger partial charge in [-0.25, -0.2) is 0 Å². The third-order valence-corrected chi connectivity index (χ3v) is 3.87. The van der Waals surface area contributed by atoms with Crippen LogP contribution in [0.25, 0.3) is 10.8 Å². The molecular weight excluding hydrogens is 270 g/mol. The summed E-state index contributed by atoms with van der Waals surface area (Å²) in [7, 11) is 0. The number of nitro groups is 1. The molecule has 2 rings (SSSR count). The van der Waals surface area contributed by atoms with Gasteiger partial charge in [0.25, 0.3) is 5.69 Å². The molecule has 0 radical (unpaired) electrons. The minimum atomic E-state index is -0.872. The Labute approximate surface area is 123 Å². The number of benzene rings is 2. The molecule has 2 aromatic carbocycles. The average molecular weight is 289 g/mol. The van der Waals surface area contributed by atoms with Gasteiger partial charge in [-0.1, -0.05) is 32.0 Å². The maximum atomic E-state index is 11.1. The number of rotatable bonds is 6. The van der Waals surface area contributed by atoms with Gasteiger partial charge in [-0.05, 0) is 25.0 Å². The van der Waals surface area contributed by atoms with Gasteiger partial charge >= 0.3 is 0 Å². The first-order valence-corrected chi connectivity index (χ1v) is 7.02. The lowest BCUT2D eigenvalue weighted by Crippen LogP contribution is -2.34. The first-order chi connectivity index (χ1) is 10.0. The third kappa shape index (κ3) is 3.13. The lowest BCUT2D eigenvalue weighted by atomic mass is 9.99. The number of non-ortho nitro benzene ring substituents is 1. The van der Waals surface area contributed by atoms with Crippen LogP contribution in [0.15, 0.2) is 36.4 Å². The highest BCUT2D eigenvalue weighted by Gasteiger charge is 2.24. The van der Waals surface area contributed by atoms with Crippen molar-refractivity contribution in [3.05, 3.63) is 46.5 Å². The van der Waals surface area contributed by atoms with E-state index in [4.69, 9.17) is 4.74 Å². The molecule has 21 heavy (non-hydrogen) atoms. The van der Waals surface area contributed by atoms with Crippen LogP contribution in [0.4, 0.5) is 5.69 Å². The lowest BCUT2D eigenvalue weighted by molar-refractivity contribution is -0.383.